The van der Waals surface area contributed by atoms with Crippen molar-refractivity contribution in [2.24, 2.45) is 17.4 Å². The van der Waals surface area contributed by atoms with Crippen LogP contribution in [0.3, 0.4) is 0 Å². The van der Waals surface area contributed by atoms with Crippen molar-refractivity contribution >= 4 is 5.91 Å². The molecule has 1 saturated heterocycles. The van der Waals surface area contributed by atoms with Crippen molar-refractivity contribution in [1.82, 2.24) is 4.90 Å². The minimum absolute atomic E-state index is 0.0203. The molecule has 2 aromatic rings. The van der Waals surface area contributed by atoms with E-state index in [9.17, 15) is 4.79 Å². The summed E-state index contributed by atoms with van der Waals surface area (Å²) in [7, 11) is 0. The maximum atomic E-state index is 12.7. The molecular weight excluding hydrogens is 286 g/mol. The van der Waals surface area contributed by atoms with Crippen LogP contribution in [0.25, 0.3) is 0 Å². The number of likely N-dealkylation sites (tertiary alicyclic amines) is 1. The number of carbonyl (C=O) groups excluding carboxylic acids is 1. The van der Waals surface area contributed by atoms with Crippen LogP contribution < -0.4 is 11.5 Å². The summed E-state index contributed by atoms with van der Waals surface area (Å²) >= 11 is 0. The van der Waals surface area contributed by atoms with Crippen LogP contribution >= 0.6 is 0 Å². The summed E-state index contributed by atoms with van der Waals surface area (Å²) in [6.07, 6.45) is 0. The van der Waals surface area contributed by atoms with Gasteiger partial charge in [-0.1, -0.05) is 60.7 Å². The zero-order chi connectivity index (χ0) is 16.2. The SMILES string of the molecule is NC[C@@H]1CN(C(=O)C(N)c2ccccc2)C[C@H]1c1ccccc1. The molecule has 1 aliphatic heterocycles. The zero-order valence-corrected chi connectivity index (χ0v) is 13.1. The Balaban J connectivity index is 1.75. The molecule has 0 spiro atoms. The summed E-state index contributed by atoms with van der Waals surface area (Å²) in [5, 5.41) is 0. The van der Waals surface area contributed by atoms with Gasteiger partial charge in [0.15, 0.2) is 0 Å². The number of rotatable bonds is 4. The predicted octanol–water partition coefficient (Wildman–Crippen LogP) is 1.89. The van der Waals surface area contributed by atoms with Crippen molar-refractivity contribution in [3.8, 4) is 0 Å². The van der Waals surface area contributed by atoms with E-state index >= 15 is 0 Å². The standard InChI is InChI=1S/C19H23N3O/c20-11-16-12-22(13-17(16)14-7-3-1-4-8-14)19(23)18(21)15-9-5-2-6-10-15/h1-10,16-18H,11-13,20-21H2/t16-,17+,18?/m1/s1. The van der Waals surface area contributed by atoms with E-state index in [1.807, 2.05) is 53.4 Å². The maximum Gasteiger partial charge on any atom is 0.244 e. The Kier molecular flexibility index (Phi) is 4.74. The number of nitrogens with two attached hydrogens (primary N) is 2. The van der Waals surface area contributed by atoms with Gasteiger partial charge in [0.25, 0.3) is 0 Å². The topological polar surface area (TPSA) is 72.3 Å². The predicted molar refractivity (Wildman–Crippen MR) is 91.7 cm³/mol. The molecule has 4 N–H and O–H groups in total. The minimum Gasteiger partial charge on any atom is -0.340 e. The van der Waals surface area contributed by atoms with Gasteiger partial charge in [-0.15, -0.1) is 0 Å². The first-order valence-electron chi connectivity index (χ1n) is 8.05. The van der Waals surface area contributed by atoms with Crippen molar-refractivity contribution < 1.29 is 4.79 Å². The van der Waals surface area contributed by atoms with Gasteiger partial charge in [-0.05, 0) is 23.6 Å². The van der Waals surface area contributed by atoms with E-state index in [0.29, 0.717) is 19.6 Å². The smallest absolute Gasteiger partial charge is 0.244 e. The molecule has 0 aromatic heterocycles. The summed E-state index contributed by atoms with van der Waals surface area (Å²) in [4.78, 5) is 14.6. The molecule has 120 valence electrons. The summed E-state index contributed by atoms with van der Waals surface area (Å²) in [6, 6.07) is 19.2. The fraction of sp³-hybridized carbons (Fsp3) is 0.316. The summed E-state index contributed by atoms with van der Waals surface area (Å²) in [5.74, 6) is 0.547. The Morgan fingerprint density at radius 2 is 1.65 bits per heavy atom. The lowest BCUT2D eigenvalue weighted by atomic mass is 9.89. The Labute approximate surface area is 137 Å². The van der Waals surface area contributed by atoms with Crippen molar-refractivity contribution in [3.05, 3.63) is 71.8 Å². The van der Waals surface area contributed by atoms with Crippen LogP contribution in [0.5, 0.6) is 0 Å². The highest BCUT2D eigenvalue weighted by atomic mass is 16.2. The van der Waals surface area contributed by atoms with Gasteiger partial charge in [0, 0.05) is 19.0 Å². The fourth-order valence-corrected chi connectivity index (χ4v) is 3.37. The molecule has 4 nitrogen and oxygen atoms in total. The van der Waals surface area contributed by atoms with Gasteiger partial charge in [0.1, 0.15) is 6.04 Å². The van der Waals surface area contributed by atoms with Crippen LogP contribution in [0, 0.1) is 5.92 Å². The molecule has 2 aromatic carbocycles. The Bertz CT molecular complexity index is 644. The maximum absolute atomic E-state index is 12.7. The van der Waals surface area contributed by atoms with Crippen LogP contribution in [-0.4, -0.2) is 30.4 Å². The highest BCUT2D eigenvalue weighted by molar-refractivity contribution is 5.83. The van der Waals surface area contributed by atoms with Crippen molar-refractivity contribution in [1.29, 1.82) is 0 Å². The molecule has 1 unspecified atom stereocenters. The third-order valence-corrected chi connectivity index (χ3v) is 4.71. The van der Waals surface area contributed by atoms with E-state index in [1.165, 1.54) is 5.56 Å². The fourth-order valence-electron chi connectivity index (χ4n) is 3.37. The number of nitrogens with zero attached hydrogens (tertiary/aromatic N) is 1. The highest BCUT2D eigenvalue weighted by Crippen LogP contribution is 2.33. The van der Waals surface area contributed by atoms with E-state index in [0.717, 1.165) is 5.56 Å². The quantitative estimate of drug-likeness (QED) is 0.906. The number of amides is 1. The molecule has 1 aliphatic rings. The average molecular weight is 309 g/mol. The van der Waals surface area contributed by atoms with Gasteiger partial charge in [-0.3, -0.25) is 4.79 Å². The first-order chi connectivity index (χ1) is 11.2. The molecule has 1 fully saturated rings. The van der Waals surface area contributed by atoms with Gasteiger partial charge in [0.2, 0.25) is 5.91 Å². The minimum atomic E-state index is -0.607. The molecule has 4 heteroatoms. The van der Waals surface area contributed by atoms with Gasteiger partial charge < -0.3 is 16.4 Å². The number of hydrogen-bond donors (Lipinski definition) is 2. The van der Waals surface area contributed by atoms with Gasteiger partial charge >= 0.3 is 0 Å². The average Bonchev–Trinajstić information content (AvgIpc) is 3.06. The van der Waals surface area contributed by atoms with E-state index < -0.39 is 6.04 Å². The molecule has 0 bridgehead atoms. The summed E-state index contributed by atoms with van der Waals surface area (Å²) in [6.45, 7) is 1.94. The zero-order valence-electron chi connectivity index (χ0n) is 13.1. The number of carbonyl (C=O) groups is 1. The molecule has 1 amide bonds. The highest BCUT2D eigenvalue weighted by Gasteiger charge is 2.36. The van der Waals surface area contributed by atoms with Crippen LogP contribution in [0.2, 0.25) is 0 Å². The van der Waals surface area contributed by atoms with Crippen LogP contribution in [0.1, 0.15) is 23.1 Å². The van der Waals surface area contributed by atoms with E-state index in [1.54, 1.807) is 0 Å². The van der Waals surface area contributed by atoms with Crippen LogP contribution in [0.15, 0.2) is 60.7 Å². The normalized spacial score (nSPS) is 22.1. The number of hydrogen-bond acceptors (Lipinski definition) is 3. The third kappa shape index (κ3) is 3.28. The molecule has 0 radical (unpaired) electrons. The second-order valence-corrected chi connectivity index (χ2v) is 6.14. The molecule has 3 rings (SSSR count). The third-order valence-electron chi connectivity index (χ3n) is 4.71. The monoisotopic (exact) mass is 309 g/mol. The van der Waals surface area contributed by atoms with Crippen LogP contribution in [0.4, 0.5) is 0 Å². The largest absolute Gasteiger partial charge is 0.340 e. The van der Waals surface area contributed by atoms with Gasteiger partial charge in [-0.25, -0.2) is 0 Å². The summed E-state index contributed by atoms with van der Waals surface area (Å²) in [5.41, 5.74) is 14.2. The van der Waals surface area contributed by atoms with E-state index in [-0.39, 0.29) is 17.7 Å². The van der Waals surface area contributed by atoms with Crippen molar-refractivity contribution in [2.75, 3.05) is 19.6 Å². The molecule has 3 atom stereocenters. The molecule has 0 aliphatic carbocycles. The Hall–Kier alpha value is -2.17. The first-order valence-corrected chi connectivity index (χ1v) is 8.05. The summed E-state index contributed by atoms with van der Waals surface area (Å²) < 4.78 is 0. The lowest BCUT2D eigenvalue weighted by molar-refractivity contribution is -0.131. The second kappa shape index (κ2) is 6.94. The molecule has 23 heavy (non-hydrogen) atoms. The number of benzene rings is 2. The van der Waals surface area contributed by atoms with Crippen LogP contribution in [-0.2, 0) is 4.79 Å². The van der Waals surface area contributed by atoms with Gasteiger partial charge in [-0.2, -0.15) is 0 Å². The van der Waals surface area contributed by atoms with Crippen molar-refractivity contribution in [2.45, 2.75) is 12.0 Å². The van der Waals surface area contributed by atoms with E-state index in [2.05, 4.69) is 12.1 Å². The first kappa shape index (κ1) is 15.7. The Morgan fingerprint density at radius 3 is 2.26 bits per heavy atom. The lowest BCUT2D eigenvalue weighted by Crippen LogP contribution is -2.37. The molecular formula is C19H23N3O. The lowest BCUT2D eigenvalue weighted by Gasteiger charge is -2.21. The van der Waals surface area contributed by atoms with Crippen molar-refractivity contribution in [3.63, 3.8) is 0 Å². The Morgan fingerprint density at radius 1 is 1.04 bits per heavy atom. The van der Waals surface area contributed by atoms with E-state index in [4.69, 9.17) is 11.5 Å². The molecule has 1 heterocycles. The van der Waals surface area contributed by atoms with Gasteiger partial charge in [0.05, 0.1) is 0 Å². The second-order valence-electron chi connectivity index (χ2n) is 6.14. The molecule has 0 saturated carbocycles.